The van der Waals surface area contributed by atoms with E-state index in [1.165, 1.54) is 21.9 Å². The number of para-hydroxylation sites is 3. The van der Waals surface area contributed by atoms with Gasteiger partial charge in [0.05, 0.1) is 16.7 Å². The summed E-state index contributed by atoms with van der Waals surface area (Å²) in [6, 6.07) is 80.4. The summed E-state index contributed by atoms with van der Waals surface area (Å²) in [5.41, 5.74) is 15.7. The number of benzene rings is 10. The number of aromatic nitrogens is 4. The normalized spacial score (nSPS) is 11.8. The van der Waals surface area contributed by atoms with E-state index in [4.69, 9.17) is 23.8 Å². The summed E-state index contributed by atoms with van der Waals surface area (Å²) in [7, 11) is 0. The highest BCUT2D eigenvalue weighted by Gasteiger charge is 2.22. The summed E-state index contributed by atoms with van der Waals surface area (Å²) in [5.74, 6) is 1.87. The lowest BCUT2D eigenvalue weighted by Crippen LogP contribution is -2.00. The highest BCUT2D eigenvalue weighted by atomic mass is 16.3. The van der Waals surface area contributed by atoms with E-state index in [-0.39, 0.29) is 0 Å². The van der Waals surface area contributed by atoms with Crippen molar-refractivity contribution in [2.45, 2.75) is 0 Å². The molecule has 0 aliphatic carbocycles. The van der Waals surface area contributed by atoms with Gasteiger partial charge in [0, 0.05) is 54.6 Å². The van der Waals surface area contributed by atoms with Crippen molar-refractivity contribution in [2.75, 3.05) is 0 Å². The molecular weight excluding hydrogens is 845 g/mol. The van der Waals surface area contributed by atoms with E-state index < -0.39 is 0 Å². The molecule has 4 aromatic heterocycles. The molecule has 69 heavy (non-hydrogen) atoms. The second-order valence-electron chi connectivity index (χ2n) is 17.5. The van der Waals surface area contributed by atoms with Gasteiger partial charge in [0.25, 0.3) is 0 Å². The first kappa shape index (κ1) is 38.8. The van der Waals surface area contributed by atoms with E-state index in [0.717, 1.165) is 99.5 Å². The van der Waals surface area contributed by atoms with Gasteiger partial charge in [-0.05, 0) is 82.4 Å². The SMILES string of the molecule is c1ccc(-c2ccc3c(c2)c2ccccc2n3-c2cc(-c3cccc4c3oc3cc(-c5cccc(-c6nc(-c7ccccc7)nc(-c7ccccc7)n6)c5)ccc34)cc3c2oc2ccccc23)cc1. The second kappa shape index (κ2) is 15.6. The standard InChI is InChI=1S/C63H38N4O2/c1-4-16-39(17-5-1)43-31-33-55-52(35-43)48-24-10-12-28-54(48)67(55)56-37-46(36-53-49-25-11-13-29-57(49)68-60(53)56)47-26-15-27-51-50-32-30-44(38-58(50)69-59(47)51)42-22-14-23-45(34-42)63-65-61(40-18-6-2-7-19-40)64-62(66-63)41-20-8-3-9-21-41/h1-38H. The third-order valence-electron chi connectivity index (χ3n) is 13.4. The molecule has 0 radical (unpaired) electrons. The summed E-state index contributed by atoms with van der Waals surface area (Å²) in [6.07, 6.45) is 0. The van der Waals surface area contributed by atoms with E-state index >= 15 is 0 Å². The molecule has 0 amide bonds. The van der Waals surface area contributed by atoms with Gasteiger partial charge in [-0.3, -0.25) is 0 Å². The van der Waals surface area contributed by atoms with Crippen LogP contribution < -0.4 is 0 Å². The molecule has 0 aliphatic rings. The first-order valence-corrected chi connectivity index (χ1v) is 23.2. The van der Waals surface area contributed by atoms with Crippen LogP contribution in [0.2, 0.25) is 0 Å². The zero-order valence-corrected chi connectivity index (χ0v) is 37.0. The number of hydrogen-bond acceptors (Lipinski definition) is 5. The summed E-state index contributed by atoms with van der Waals surface area (Å²) in [6.45, 7) is 0. The zero-order chi connectivity index (χ0) is 45.4. The van der Waals surface area contributed by atoms with Gasteiger partial charge in [-0.25, -0.2) is 15.0 Å². The largest absolute Gasteiger partial charge is 0.455 e. The fraction of sp³-hybridized carbons (Fsp3) is 0. The van der Waals surface area contributed by atoms with Crippen molar-refractivity contribution in [1.82, 2.24) is 19.5 Å². The molecule has 14 rings (SSSR count). The quantitative estimate of drug-likeness (QED) is 0.159. The van der Waals surface area contributed by atoms with Gasteiger partial charge < -0.3 is 13.4 Å². The molecule has 0 atom stereocenters. The Morgan fingerprint density at radius 2 is 0.797 bits per heavy atom. The number of nitrogens with zero attached hydrogens (tertiary/aromatic N) is 4. The summed E-state index contributed by atoms with van der Waals surface area (Å²) in [5, 5.41) is 6.59. The Hall–Kier alpha value is -9.39. The fourth-order valence-corrected chi connectivity index (χ4v) is 10.2. The first-order valence-electron chi connectivity index (χ1n) is 23.2. The van der Waals surface area contributed by atoms with Crippen LogP contribution in [0.15, 0.2) is 239 Å². The van der Waals surface area contributed by atoms with Crippen molar-refractivity contribution < 1.29 is 8.83 Å². The predicted octanol–water partition coefficient (Wildman–Crippen LogP) is 16.8. The van der Waals surface area contributed by atoms with Crippen LogP contribution in [0.3, 0.4) is 0 Å². The molecule has 322 valence electrons. The molecule has 0 saturated heterocycles. The molecule has 14 aromatic rings. The molecule has 0 spiro atoms. The molecule has 0 fully saturated rings. The van der Waals surface area contributed by atoms with E-state index in [1.807, 2.05) is 66.7 Å². The highest BCUT2D eigenvalue weighted by molar-refractivity contribution is 6.16. The maximum absolute atomic E-state index is 6.99. The lowest BCUT2D eigenvalue weighted by molar-refractivity contribution is 0.666. The third-order valence-corrected chi connectivity index (χ3v) is 13.4. The molecule has 0 bridgehead atoms. The van der Waals surface area contributed by atoms with Gasteiger partial charge in [0.1, 0.15) is 16.7 Å². The van der Waals surface area contributed by atoms with Gasteiger partial charge in [-0.15, -0.1) is 0 Å². The summed E-state index contributed by atoms with van der Waals surface area (Å²) in [4.78, 5) is 14.9. The molecule has 0 N–H and O–H groups in total. The Balaban J connectivity index is 0.912. The van der Waals surface area contributed by atoms with Crippen molar-refractivity contribution >= 4 is 65.7 Å². The third kappa shape index (κ3) is 6.45. The average molecular weight is 883 g/mol. The van der Waals surface area contributed by atoms with Crippen molar-refractivity contribution in [3.8, 4) is 73.2 Å². The molecule has 4 heterocycles. The minimum atomic E-state index is 0.610. The maximum atomic E-state index is 6.99. The Morgan fingerprint density at radius 1 is 0.275 bits per heavy atom. The van der Waals surface area contributed by atoms with Crippen LogP contribution >= 0.6 is 0 Å². The minimum Gasteiger partial charge on any atom is -0.455 e. The van der Waals surface area contributed by atoms with Crippen LogP contribution in [-0.2, 0) is 0 Å². The van der Waals surface area contributed by atoms with Crippen LogP contribution in [0.4, 0.5) is 0 Å². The number of fused-ring (bicyclic) bond motifs is 9. The van der Waals surface area contributed by atoms with Crippen molar-refractivity contribution in [1.29, 1.82) is 0 Å². The molecule has 0 saturated carbocycles. The molecule has 0 aliphatic heterocycles. The van der Waals surface area contributed by atoms with Gasteiger partial charge in [0.2, 0.25) is 0 Å². The lowest BCUT2D eigenvalue weighted by atomic mass is 9.98. The number of rotatable bonds is 7. The monoisotopic (exact) mass is 882 g/mol. The Kier molecular flexibility index (Phi) is 8.79. The van der Waals surface area contributed by atoms with Crippen LogP contribution in [0.1, 0.15) is 0 Å². The van der Waals surface area contributed by atoms with Crippen LogP contribution in [0, 0.1) is 0 Å². The number of hydrogen-bond donors (Lipinski definition) is 0. The number of furan rings is 2. The fourth-order valence-electron chi connectivity index (χ4n) is 10.2. The molecule has 6 heteroatoms. The summed E-state index contributed by atoms with van der Waals surface area (Å²) >= 11 is 0. The summed E-state index contributed by atoms with van der Waals surface area (Å²) < 4.78 is 16.2. The Labute approximate surface area is 396 Å². The van der Waals surface area contributed by atoms with E-state index in [0.29, 0.717) is 17.5 Å². The van der Waals surface area contributed by atoms with Gasteiger partial charge in [0.15, 0.2) is 23.1 Å². The van der Waals surface area contributed by atoms with Crippen LogP contribution in [0.5, 0.6) is 0 Å². The molecular formula is C63H38N4O2. The second-order valence-corrected chi connectivity index (χ2v) is 17.5. The van der Waals surface area contributed by atoms with Gasteiger partial charge in [-0.2, -0.15) is 0 Å². The lowest BCUT2D eigenvalue weighted by Gasteiger charge is -2.12. The van der Waals surface area contributed by atoms with Crippen LogP contribution in [0.25, 0.3) is 139 Å². The first-order chi connectivity index (χ1) is 34.2. The smallest absolute Gasteiger partial charge is 0.164 e. The Morgan fingerprint density at radius 3 is 1.57 bits per heavy atom. The van der Waals surface area contributed by atoms with E-state index in [2.05, 4.69) is 168 Å². The topological polar surface area (TPSA) is 69.9 Å². The highest BCUT2D eigenvalue weighted by Crippen LogP contribution is 2.44. The Bertz CT molecular complexity index is 4250. The maximum Gasteiger partial charge on any atom is 0.164 e. The molecule has 6 nitrogen and oxygen atoms in total. The van der Waals surface area contributed by atoms with Crippen LogP contribution in [-0.4, -0.2) is 19.5 Å². The van der Waals surface area contributed by atoms with Gasteiger partial charge in [-0.1, -0.05) is 176 Å². The van der Waals surface area contributed by atoms with Crippen molar-refractivity contribution in [3.63, 3.8) is 0 Å². The molecule has 0 unspecified atom stereocenters. The van der Waals surface area contributed by atoms with E-state index in [9.17, 15) is 0 Å². The van der Waals surface area contributed by atoms with Crippen molar-refractivity contribution in [2.24, 2.45) is 0 Å². The predicted molar refractivity (Wildman–Crippen MR) is 281 cm³/mol. The molecule has 10 aromatic carbocycles. The van der Waals surface area contributed by atoms with Crippen molar-refractivity contribution in [3.05, 3.63) is 231 Å². The van der Waals surface area contributed by atoms with E-state index in [1.54, 1.807) is 0 Å². The zero-order valence-electron chi connectivity index (χ0n) is 37.0. The van der Waals surface area contributed by atoms with Gasteiger partial charge >= 0.3 is 0 Å². The average Bonchev–Trinajstić information content (AvgIpc) is 4.10. The minimum absolute atomic E-state index is 0.610.